The lowest BCUT2D eigenvalue weighted by atomic mass is 10.1. The van der Waals surface area contributed by atoms with Crippen LogP contribution in [0.25, 0.3) is 10.9 Å². The Labute approximate surface area is 175 Å². The summed E-state index contributed by atoms with van der Waals surface area (Å²) in [5, 5.41) is 0.739. The number of benzene rings is 2. The van der Waals surface area contributed by atoms with Gasteiger partial charge in [-0.05, 0) is 31.0 Å². The molecule has 0 amide bonds. The lowest BCUT2D eigenvalue weighted by Crippen LogP contribution is -2.47. The minimum Gasteiger partial charge on any atom is -0.495 e. The highest BCUT2D eigenvalue weighted by molar-refractivity contribution is 5.91. The minimum absolute atomic E-state index is 0.217. The molecule has 1 aliphatic heterocycles. The van der Waals surface area contributed by atoms with E-state index in [0.29, 0.717) is 5.92 Å². The van der Waals surface area contributed by atoms with Crippen LogP contribution in [-0.2, 0) is 0 Å². The summed E-state index contributed by atoms with van der Waals surface area (Å²) in [7, 11) is 3.18. The molecule has 2 heterocycles. The van der Waals surface area contributed by atoms with Gasteiger partial charge in [0, 0.05) is 43.5 Å². The molecule has 0 spiro atoms. The number of halogens is 1. The van der Waals surface area contributed by atoms with Gasteiger partial charge in [-0.2, -0.15) is 0 Å². The van der Waals surface area contributed by atoms with Crippen molar-refractivity contribution in [2.24, 2.45) is 0 Å². The van der Waals surface area contributed by atoms with Gasteiger partial charge in [0.25, 0.3) is 0 Å². The van der Waals surface area contributed by atoms with Crippen LogP contribution < -0.4 is 19.3 Å². The number of para-hydroxylation sites is 2. The van der Waals surface area contributed by atoms with Gasteiger partial charge in [-0.25, -0.2) is 14.4 Å². The summed E-state index contributed by atoms with van der Waals surface area (Å²) in [6.07, 6.45) is 2.23. The molecule has 5 rings (SSSR count). The van der Waals surface area contributed by atoms with Crippen molar-refractivity contribution >= 4 is 22.4 Å². The van der Waals surface area contributed by atoms with Gasteiger partial charge in [0.1, 0.15) is 17.4 Å². The molecule has 3 aromatic rings. The minimum atomic E-state index is -0.387. The van der Waals surface area contributed by atoms with Crippen LogP contribution >= 0.6 is 0 Å². The quantitative estimate of drug-likeness (QED) is 0.636. The zero-order chi connectivity index (χ0) is 20.7. The van der Waals surface area contributed by atoms with E-state index in [-0.39, 0.29) is 11.6 Å². The molecule has 1 saturated heterocycles. The van der Waals surface area contributed by atoms with E-state index in [1.54, 1.807) is 13.2 Å². The fourth-order valence-corrected chi connectivity index (χ4v) is 4.10. The normalized spacial score (nSPS) is 16.8. The van der Waals surface area contributed by atoms with Crippen LogP contribution in [0.1, 0.15) is 24.6 Å². The summed E-state index contributed by atoms with van der Waals surface area (Å²) in [6, 6.07) is 11.3. The van der Waals surface area contributed by atoms with Gasteiger partial charge in [0.15, 0.2) is 11.6 Å². The zero-order valence-corrected chi connectivity index (χ0v) is 17.3. The number of anilines is 2. The van der Waals surface area contributed by atoms with Crippen molar-refractivity contribution in [3.63, 3.8) is 0 Å². The molecular weight excluding hydrogens is 383 g/mol. The van der Waals surface area contributed by atoms with E-state index in [2.05, 4.69) is 15.9 Å². The number of hydrogen-bond donors (Lipinski definition) is 0. The average molecular weight is 408 g/mol. The molecular formula is C23H25FN4O2. The van der Waals surface area contributed by atoms with E-state index < -0.39 is 0 Å². The second kappa shape index (κ2) is 7.63. The largest absolute Gasteiger partial charge is 0.495 e. The van der Waals surface area contributed by atoms with Gasteiger partial charge in [0.05, 0.1) is 25.4 Å². The maximum absolute atomic E-state index is 14.5. The van der Waals surface area contributed by atoms with Crippen LogP contribution in [-0.4, -0.2) is 50.4 Å². The van der Waals surface area contributed by atoms with Crippen LogP contribution in [0.4, 0.5) is 15.9 Å². The molecule has 0 bridgehead atoms. The van der Waals surface area contributed by atoms with Crippen LogP contribution in [0.3, 0.4) is 0 Å². The van der Waals surface area contributed by atoms with Gasteiger partial charge in [-0.3, -0.25) is 0 Å². The molecule has 30 heavy (non-hydrogen) atoms. The Balaban J connectivity index is 1.47. The third-order valence-electron chi connectivity index (χ3n) is 5.91. The van der Waals surface area contributed by atoms with Crippen LogP contribution in [0.15, 0.2) is 36.4 Å². The van der Waals surface area contributed by atoms with E-state index >= 15 is 0 Å². The predicted octanol–water partition coefficient (Wildman–Crippen LogP) is 3.99. The lowest BCUT2D eigenvalue weighted by molar-refractivity contribution is 0.387. The summed E-state index contributed by atoms with van der Waals surface area (Å²) in [5.41, 5.74) is 1.84. The fourth-order valence-electron chi connectivity index (χ4n) is 4.10. The van der Waals surface area contributed by atoms with Crippen molar-refractivity contribution in [1.29, 1.82) is 0 Å². The number of piperazine rings is 1. The van der Waals surface area contributed by atoms with Crippen molar-refractivity contribution in [2.45, 2.75) is 18.8 Å². The highest BCUT2D eigenvalue weighted by atomic mass is 19.1. The Morgan fingerprint density at radius 1 is 0.900 bits per heavy atom. The molecule has 0 unspecified atom stereocenters. The number of aromatic nitrogens is 2. The molecule has 6 nitrogen and oxygen atoms in total. The van der Waals surface area contributed by atoms with Gasteiger partial charge in [0.2, 0.25) is 0 Å². The third-order valence-corrected chi connectivity index (χ3v) is 5.91. The van der Waals surface area contributed by atoms with Gasteiger partial charge in [-0.15, -0.1) is 0 Å². The molecule has 156 valence electrons. The smallest absolute Gasteiger partial charge is 0.165 e. The topological polar surface area (TPSA) is 50.7 Å². The fraction of sp³-hybridized carbons (Fsp3) is 0.391. The van der Waals surface area contributed by atoms with Crippen LogP contribution in [0.2, 0.25) is 0 Å². The second-order valence-corrected chi connectivity index (χ2v) is 7.83. The van der Waals surface area contributed by atoms with Gasteiger partial charge >= 0.3 is 0 Å². The van der Waals surface area contributed by atoms with Crippen molar-refractivity contribution in [3.05, 3.63) is 48.0 Å². The van der Waals surface area contributed by atoms with Crippen LogP contribution in [0.5, 0.6) is 11.5 Å². The predicted molar refractivity (Wildman–Crippen MR) is 115 cm³/mol. The molecule has 2 aromatic carbocycles. The SMILES string of the molecule is COc1cc2nc(C3CC3)nc(N3CCN(c4ccccc4OC)CC3)c2cc1F. The summed E-state index contributed by atoms with van der Waals surface area (Å²) >= 11 is 0. The Morgan fingerprint density at radius 2 is 1.60 bits per heavy atom. The van der Waals surface area contributed by atoms with Crippen molar-refractivity contribution in [1.82, 2.24) is 9.97 Å². The van der Waals surface area contributed by atoms with Crippen molar-refractivity contribution in [3.8, 4) is 11.5 Å². The van der Waals surface area contributed by atoms with E-state index in [1.807, 2.05) is 18.2 Å². The van der Waals surface area contributed by atoms with E-state index in [1.165, 1.54) is 13.2 Å². The highest BCUT2D eigenvalue weighted by Gasteiger charge is 2.30. The summed E-state index contributed by atoms with van der Waals surface area (Å²) in [6.45, 7) is 3.26. The monoisotopic (exact) mass is 408 g/mol. The standard InChI is InChI=1S/C23H25FN4O2/c1-29-20-6-4-3-5-19(20)27-9-11-28(12-10-27)23-16-13-17(24)21(30-2)14-18(16)25-22(26-23)15-7-8-15/h3-6,13-15H,7-12H2,1-2H3. The first kappa shape index (κ1) is 18.9. The van der Waals surface area contributed by atoms with Crippen LogP contribution in [0, 0.1) is 5.82 Å². The summed E-state index contributed by atoms with van der Waals surface area (Å²) < 4.78 is 25.2. The molecule has 1 aliphatic carbocycles. The van der Waals surface area contributed by atoms with E-state index in [0.717, 1.165) is 73.0 Å². The molecule has 0 N–H and O–H groups in total. The first-order chi connectivity index (χ1) is 14.7. The number of ether oxygens (including phenoxy) is 2. The molecule has 7 heteroatoms. The van der Waals surface area contributed by atoms with Crippen molar-refractivity contribution in [2.75, 3.05) is 50.2 Å². The maximum atomic E-state index is 14.5. The Hall–Kier alpha value is -3.09. The molecule has 2 fully saturated rings. The highest BCUT2D eigenvalue weighted by Crippen LogP contribution is 2.41. The molecule has 0 radical (unpaired) electrons. The molecule has 1 saturated carbocycles. The summed E-state index contributed by atoms with van der Waals surface area (Å²) in [5.74, 6) is 2.81. The number of methoxy groups -OCH3 is 2. The number of hydrogen-bond acceptors (Lipinski definition) is 6. The zero-order valence-electron chi connectivity index (χ0n) is 17.3. The number of nitrogens with zero attached hydrogens (tertiary/aromatic N) is 4. The first-order valence-corrected chi connectivity index (χ1v) is 10.4. The number of rotatable bonds is 5. The molecule has 1 aromatic heterocycles. The maximum Gasteiger partial charge on any atom is 0.165 e. The Morgan fingerprint density at radius 3 is 2.30 bits per heavy atom. The van der Waals surface area contributed by atoms with Gasteiger partial charge in [-0.1, -0.05) is 12.1 Å². The van der Waals surface area contributed by atoms with Crippen molar-refractivity contribution < 1.29 is 13.9 Å². The van der Waals surface area contributed by atoms with E-state index in [9.17, 15) is 4.39 Å². The molecule has 0 atom stereocenters. The lowest BCUT2D eigenvalue weighted by Gasteiger charge is -2.37. The average Bonchev–Trinajstić information content (AvgIpc) is 3.64. The first-order valence-electron chi connectivity index (χ1n) is 10.4. The van der Waals surface area contributed by atoms with Gasteiger partial charge < -0.3 is 19.3 Å². The Kier molecular flexibility index (Phi) is 4.81. The number of fused-ring (bicyclic) bond motifs is 1. The van der Waals surface area contributed by atoms with E-state index in [4.69, 9.17) is 19.4 Å². The Bertz CT molecular complexity index is 1080. The third kappa shape index (κ3) is 3.38. The molecule has 2 aliphatic rings. The summed E-state index contributed by atoms with van der Waals surface area (Å²) in [4.78, 5) is 14.2. The second-order valence-electron chi connectivity index (χ2n) is 7.83.